The third-order valence-corrected chi connectivity index (χ3v) is 5.39. The first-order valence-corrected chi connectivity index (χ1v) is 10.5. The lowest BCUT2D eigenvalue weighted by Gasteiger charge is -2.14. The number of aromatic nitrogens is 3. The first-order valence-electron chi connectivity index (χ1n) is 10.1. The Bertz CT molecular complexity index is 1520. The molecule has 0 unspecified atom stereocenters. The molecular formula is C25H21ClN4O2. The highest BCUT2D eigenvalue weighted by molar-refractivity contribution is 6.35. The lowest BCUT2D eigenvalue weighted by molar-refractivity contribution is 0.889. The Labute approximate surface area is 188 Å². The second kappa shape index (κ2) is 9.08. The highest BCUT2D eigenvalue weighted by atomic mass is 35.5. The molecule has 5 aromatic rings. The van der Waals surface area contributed by atoms with E-state index in [2.05, 4.69) is 9.97 Å². The molecule has 0 bridgehead atoms. The van der Waals surface area contributed by atoms with Crippen LogP contribution in [0.15, 0.2) is 88.6 Å². The van der Waals surface area contributed by atoms with Crippen LogP contribution in [0.5, 0.6) is 0 Å². The summed E-state index contributed by atoms with van der Waals surface area (Å²) in [4.78, 5) is 30.4. The summed E-state index contributed by atoms with van der Waals surface area (Å²) in [5, 5.41) is 1.97. The molecule has 0 amide bonds. The molecule has 2 aromatic carbocycles. The minimum atomic E-state index is -0.201. The Hall–Kier alpha value is -3.90. The van der Waals surface area contributed by atoms with Gasteiger partial charge in [0.1, 0.15) is 5.52 Å². The number of fused-ring (bicyclic) bond motifs is 2. The fourth-order valence-electron chi connectivity index (χ4n) is 3.61. The van der Waals surface area contributed by atoms with Crippen molar-refractivity contribution in [1.82, 2.24) is 14.5 Å². The van der Waals surface area contributed by atoms with E-state index in [1.807, 2.05) is 55.5 Å². The Morgan fingerprint density at radius 2 is 1.78 bits per heavy atom. The number of pyridine rings is 3. The van der Waals surface area contributed by atoms with Crippen LogP contribution in [0.1, 0.15) is 12.6 Å². The van der Waals surface area contributed by atoms with Gasteiger partial charge in [-0.3, -0.25) is 19.1 Å². The molecule has 5 rings (SSSR count). The van der Waals surface area contributed by atoms with Crippen molar-refractivity contribution in [2.75, 3.05) is 5.73 Å². The van der Waals surface area contributed by atoms with E-state index in [-0.39, 0.29) is 11.1 Å². The summed E-state index contributed by atoms with van der Waals surface area (Å²) in [5.74, 6) is 0. The van der Waals surface area contributed by atoms with Gasteiger partial charge >= 0.3 is 0 Å². The average molecular weight is 445 g/mol. The molecule has 0 fully saturated rings. The Morgan fingerprint density at radius 1 is 1.00 bits per heavy atom. The first-order chi connectivity index (χ1) is 15.5. The standard InChI is InChI=1S/C17H14ClNO.C8H7N3O/c1-2-13-11-12-7-6-10-15(18)16(12)17(20)19(13)14-8-4-3-5-9-14;9-5-4-7(12)11-6-2-1-3-10-8(5)6/h3-11H,2H2,1H3;1-4H,(H3,9,11,12). The zero-order valence-electron chi connectivity index (χ0n) is 17.4. The van der Waals surface area contributed by atoms with E-state index in [1.165, 1.54) is 6.07 Å². The van der Waals surface area contributed by atoms with Crippen LogP contribution in [0.3, 0.4) is 0 Å². The van der Waals surface area contributed by atoms with Crippen LogP contribution in [-0.2, 0) is 6.42 Å². The van der Waals surface area contributed by atoms with Gasteiger partial charge in [0.25, 0.3) is 11.1 Å². The van der Waals surface area contributed by atoms with Gasteiger partial charge in [-0.2, -0.15) is 0 Å². The second-order valence-electron chi connectivity index (χ2n) is 7.16. The van der Waals surface area contributed by atoms with E-state index in [4.69, 9.17) is 17.3 Å². The zero-order chi connectivity index (χ0) is 22.7. The molecule has 3 heterocycles. The number of hydrogen-bond acceptors (Lipinski definition) is 4. The van der Waals surface area contributed by atoms with Gasteiger partial charge in [-0.05, 0) is 48.2 Å². The number of benzene rings is 2. The lowest BCUT2D eigenvalue weighted by atomic mass is 10.1. The largest absolute Gasteiger partial charge is 0.397 e. The minimum absolute atomic E-state index is 0.0591. The number of halogens is 1. The van der Waals surface area contributed by atoms with Crippen LogP contribution < -0.4 is 16.9 Å². The fraction of sp³-hybridized carbons (Fsp3) is 0.0800. The predicted molar refractivity (Wildman–Crippen MR) is 131 cm³/mol. The fourth-order valence-corrected chi connectivity index (χ4v) is 3.87. The van der Waals surface area contributed by atoms with Gasteiger partial charge in [0.05, 0.1) is 21.6 Å². The monoisotopic (exact) mass is 444 g/mol. The number of para-hydroxylation sites is 1. The number of hydrogen-bond donors (Lipinski definition) is 2. The van der Waals surface area contributed by atoms with Crippen molar-refractivity contribution in [3.05, 3.63) is 110 Å². The molecule has 0 saturated heterocycles. The smallest absolute Gasteiger partial charge is 0.264 e. The summed E-state index contributed by atoms with van der Waals surface area (Å²) < 4.78 is 1.74. The van der Waals surface area contributed by atoms with E-state index < -0.39 is 0 Å². The second-order valence-corrected chi connectivity index (χ2v) is 7.57. The molecule has 6 nitrogen and oxygen atoms in total. The lowest BCUT2D eigenvalue weighted by Crippen LogP contribution is -2.22. The van der Waals surface area contributed by atoms with Gasteiger partial charge < -0.3 is 10.7 Å². The predicted octanol–water partition coefficient (Wildman–Crippen LogP) is 4.71. The number of rotatable bonds is 2. The molecule has 3 aromatic heterocycles. The highest BCUT2D eigenvalue weighted by Crippen LogP contribution is 2.22. The Morgan fingerprint density at radius 3 is 2.53 bits per heavy atom. The molecule has 0 saturated carbocycles. The molecule has 3 N–H and O–H groups in total. The minimum Gasteiger partial charge on any atom is -0.397 e. The van der Waals surface area contributed by atoms with E-state index in [0.717, 1.165) is 23.2 Å². The van der Waals surface area contributed by atoms with Crippen molar-refractivity contribution in [1.29, 1.82) is 0 Å². The van der Waals surface area contributed by atoms with E-state index in [0.29, 0.717) is 27.1 Å². The molecule has 0 aliphatic carbocycles. The molecule has 0 atom stereocenters. The maximum Gasteiger partial charge on any atom is 0.264 e. The quantitative estimate of drug-likeness (QED) is 0.412. The van der Waals surface area contributed by atoms with Crippen molar-refractivity contribution in [3.63, 3.8) is 0 Å². The van der Waals surface area contributed by atoms with Crippen LogP contribution in [0, 0.1) is 0 Å². The average Bonchev–Trinajstić information content (AvgIpc) is 2.79. The molecule has 7 heteroatoms. The summed E-state index contributed by atoms with van der Waals surface area (Å²) in [6.45, 7) is 2.05. The van der Waals surface area contributed by atoms with Crippen LogP contribution in [0.2, 0.25) is 5.02 Å². The van der Waals surface area contributed by atoms with Crippen molar-refractivity contribution in [3.8, 4) is 5.69 Å². The summed E-state index contributed by atoms with van der Waals surface area (Å²) in [7, 11) is 0. The molecule has 0 spiro atoms. The summed E-state index contributed by atoms with van der Waals surface area (Å²) >= 11 is 6.20. The normalized spacial score (nSPS) is 10.7. The van der Waals surface area contributed by atoms with Gasteiger partial charge in [0, 0.05) is 23.6 Å². The third kappa shape index (κ3) is 4.13. The van der Waals surface area contributed by atoms with Gasteiger partial charge in [-0.15, -0.1) is 0 Å². The van der Waals surface area contributed by atoms with Gasteiger partial charge in [-0.1, -0.05) is 48.9 Å². The van der Waals surface area contributed by atoms with Crippen molar-refractivity contribution in [2.24, 2.45) is 0 Å². The zero-order valence-corrected chi connectivity index (χ0v) is 18.1. The number of nitrogens with two attached hydrogens (primary N) is 1. The number of nitrogens with one attached hydrogen (secondary N) is 1. The number of H-pyrrole nitrogens is 1. The third-order valence-electron chi connectivity index (χ3n) is 5.07. The van der Waals surface area contributed by atoms with Crippen LogP contribution >= 0.6 is 11.6 Å². The number of aromatic amines is 1. The van der Waals surface area contributed by atoms with E-state index in [9.17, 15) is 9.59 Å². The topological polar surface area (TPSA) is 93.8 Å². The Balaban J connectivity index is 0.000000174. The SMILES string of the molecule is CCc1cc2cccc(Cl)c2c(=O)n1-c1ccccc1.Nc1cc(=O)[nH]c2cccnc12. The molecular weight excluding hydrogens is 424 g/mol. The maximum absolute atomic E-state index is 12.8. The molecule has 32 heavy (non-hydrogen) atoms. The van der Waals surface area contributed by atoms with Crippen molar-refractivity contribution >= 4 is 39.1 Å². The van der Waals surface area contributed by atoms with E-state index in [1.54, 1.807) is 29.0 Å². The van der Waals surface area contributed by atoms with Gasteiger partial charge in [0.2, 0.25) is 0 Å². The first kappa shape index (κ1) is 21.3. The molecule has 160 valence electrons. The van der Waals surface area contributed by atoms with Crippen molar-refractivity contribution in [2.45, 2.75) is 13.3 Å². The summed E-state index contributed by atoms with van der Waals surface area (Å²) in [6, 6.07) is 22.1. The number of aryl methyl sites for hydroxylation is 1. The Kier molecular flexibility index (Phi) is 6.05. The number of anilines is 1. The summed E-state index contributed by atoms with van der Waals surface area (Å²) in [6.07, 6.45) is 2.42. The number of nitrogen functional groups attached to an aromatic ring is 1. The van der Waals surface area contributed by atoms with Crippen molar-refractivity contribution < 1.29 is 0 Å². The number of nitrogens with zero attached hydrogens (tertiary/aromatic N) is 2. The molecule has 0 aliphatic heterocycles. The van der Waals surface area contributed by atoms with Gasteiger partial charge in [0.15, 0.2) is 0 Å². The maximum atomic E-state index is 12.8. The summed E-state index contributed by atoms with van der Waals surface area (Å²) in [5.41, 5.74) is 8.88. The van der Waals surface area contributed by atoms with Crippen LogP contribution in [-0.4, -0.2) is 14.5 Å². The molecule has 0 aliphatic rings. The van der Waals surface area contributed by atoms with Gasteiger partial charge in [-0.25, -0.2) is 0 Å². The van der Waals surface area contributed by atoms with E-state index >= 15 is 0 Å². The van der Waals surface area contributed by atoms with Crippen LogP contribution in [0.4, 0.5) is 5.69 Å². The highest BCUT2D eigenvalue weighted by Gasteiger charge is 2.11. The molecule has 0 radical (unpaired) electrons. The van der Waals surface area contributed by atoms with Crippen LogP contribution in [0.25, 0.3) is 27.5 Å².